The van der Waals surface area contributed by atoms with E-state index in [1.807, 2.05) is 0 Å². The standard InChI is InChI=1S/C18H28N2O6/c1-5-8-11-26-15-10-9-14(12-16(15)23-4)20(18(22)25-7-3)13-19-17(21)24-6-2/h9-10,12H,5-8,11,13H2,1-4H3,(H,19,21). The first-order chi connectivity index (χ1) is 12.6. The quantitative estimate of drug-likeness (QED) is 0.502. The van der Waals surface area contributed by atoms with Crippen molar-refractivity contribution in [1.29, 1.82) is 0 Å². The highest BCUT2D eigenvalue weighted by atomic mass is 16.6. The molecular formula is C18H28N2O6. The van der Waals surface area contributed by atoms with Crippen LogP contribution in [0.3, 0.4) is 0 Å². The molecule has 0 spiro atoms. The zero-order valence-electron chi connectivity index (χ0n) is 15.9. The van der Waals surface area contributed by atoms with Gasteiger partial charge in [-0.15, -0.1) is 0 Å². The van der Waals surface area contributed by atoms with Gasteiger partial charge in [0.05, 0.1) is 32.6 Å². The molecule has 0 fully saturated rings. The number of unbranched alkanes of at least 4 members (excludes halogenated alkanes) is 1. The van der Waals surface area contributed by atoms with Crippen LogP contribution in [0.15, 0.2) is 18.2 Å². The number of carbonyl (C=O) groups is 2. The van der Waals surface area contributed by atoms with Gasteiger partial charge in [-0.1, -0.05) is 13.3 Å². The molecule has 146 valence electrons. The third-order valence-corrected chi connectivity index (χ3v) is 3.36. The topological polar surface area (TPSA) is 86.3 Å². The molecule has 0 atom stereocenters. The number of hydrogen-bond donors (Lipinski definition) is 1. The van der Waals surface area contributed by atoms with Crippen molar-refractivity contribution >= 4 is 17.9 Å². The highest BCUT2D eigenvalue weighted by Gasteiger charge is 2.20. The van der Waals surface area contributed by atoms with Gasteiger partial charge >= 0.3 is 12.2 Å². The van der Waals surface area contributed by atoms with Crippen molar-refractivity contribution in [3.63, 3.8) is 0 Å². The van der Waals surface area contributed by atoms with Crippen LogP contribution in [0.4, 0.5) is 15.3 Å². The summed E-state index contributed by atoms with van der Waals surface area (Å²) in [5, 5.41) is 2.51. The second-order valence-electron chi connectivity index (χ2n) is 5.22. The van der Waals surface area contributed by atoms with Crippen molar-refractivity contribution in [2.24, 2.45) is 0 Å². The van der Waals surface area contributed by atoms with E-state index in [1.54, 1.807) is 32.0 Å². The molecule has 1 rings (SSSR count). The van der Waals surface area contributed by atoms with Gasteiger partial charge in [-0.3, -0.25) is 4.90 Å². The largest absolute Gasteiger partial charge is 0.493 e. The lowest BCUT2D eigenvalue weighted by molar-refractivity contribution is 0.148. The Hall–Kier alpha value is -2.64. The monoisotopic (exact) mass is 368 g/mol. The molecule has 0 aliphatic carbocycles. The van der Waals surface area contributed by atoms with Crippen LogP contribution in [0.5, 0.6) is 11.5 Å². The van der Waals surface area contributed by atoms with Gasteiger partial charge in [0.25, 0.3) is 0 Å². The van der Waals surface area contributed by atoms with Crippen LogP contribution < -0.4 is 19.7 Å². The predicted octanol–water partition coefficient (Wildman–Crippen LogP) is 3.54. The second-order valence-corrected chi connectivity index (χ2v) is 5.22. The smallest absolute Gasteiger partial charge is 0.415 e. The highest BCUT2D eigenvalue weighted by Crippen LogP contribution is 2.32. The third kappa shape index (κ3) is 6.70. The van der Waals surface area contributed by atoms with Gasteiger partial charge in [0, 0.05) is 6.07 Å². The Morgan fingerprint density at radius 2 is 1.81 bits per heavy atom. The minimum absolute atomic E-state index is 0.100. The molecule has 2 amide bonds. The number of nitrogens with one attached hydrogen (secondary N) is 1. The van der Waals surface area contributed by atoms with Gasteiger partial charge in [0.15, 0.2) is 11.5 Å². The molecule has 8 nitrogen and oxygen atoms in total. The Labute approximate surface area is 154 Å². The van der Waals surface area contributed by atoms with Crippen LogP contribution in [-0.2, 0) is 9.47 Å². The van der Waals surface area contributed by atoms with E-state index in [2.05, 4.69) is 12.2 Å². The van der Waals surface area contributed by atoms with Gasteiger partial charge < -0.3 is 24.3 Å². The number of carbonyl (C=O) groups excluding carboxylic acids is 2. The van der Waals surface area contributed by atoms with Crippen molar-refractivity contribution in [2.45, 2.75) is 33.6 Å². The highest BCUT2D eigenvalue weighted by molar-refractivity contribution is 5.88. The summed E-state index contributed by atoms with van der Waals surface area (Å²) < 4.78 is 20.9. The maximum atomic E-state index is 12.2. The zero-order chi connectivity index (χ0) is 19.4. The second kappa shape index (κ2) is 11.8. The van der Waals surface area contributed by atoms with Gasteiger partial charge in [0.2, 0.25) is 0 Å². The van der Waals surface area contributed by atoms with E-state index in [4.69, 9.17) is 18.9 Å². The summed E-state index contributed by atoms with van der Waals surface area (Å²) in [6.07, 6.45) is 0.749. The number of hydrogen-bond acceptors (Lipinski definition) is 6. The molecule has 0 aliphatic rings. The lowest BCUT2D eigenvalue weighted by Gasteiger charge is -2.23. The molecule has 1 aromatic rings. The molecule has 0 radical (unpaired) electrons. The third-order valence-electron chi connectivity index (χ3n) is 3.36. The van der Waals surface area contributed by atoms with Crippen LogP contribution in [0.2, 0.25) is 0 Å². The molecule has 0 saturated carbocycles. The van der Waals surface area contributed by atoms with E-state index >= 15 is 0 Å². The Balaban J connectivity index is 2.96. The van der Waals surface area contributed by atoms with Crippen LogP contribution in [0.1, 0.15) is 33.6 Å². The average molecular weight is 368 g/mol. The van der Waals surface area contributed by atoms with Crippen molar-refractivity contribution in [3.8, 4) is 11.5 Å². The van der Waals surface area contributed by atoms with Crippen LogP contribution in [0.25, 0.3) is 0 Å². The molecule has 1 N–H and O–H groups in total. The number of benzene rings is 1. The maximum Gasteiger partial charge on any atom is 0.415 e. The average Bonchev–Trinajstić information content (AvgIpc) is 2.63. The maximum absolute atomic E-state index is 12.2. The lowest BCUT2D eigenvalue weighted by Crippen LogP contribution is -2.42. The number of rotatable bonds is 10. The van der Waals surface area contributed by atoms with Crippen molar-refractivity contribution in [1.82, 2.24) is 5.32 Å². The molecule has 0 heterocycles. The first-order valence-corrected chi connectivity index (χ1v) is 8.73. The summed E-state index contributed by atoms with van der Waals surface area (Å²) in [6.45, 7) is 6.42. The minimum atomic E-state index is -0.617. The molecule has 1 aromatic carbocycles. The molecule has 0 bridgehead atoms. The van der Waals surface area contributed by atoms with E-state index in [0.29, 0.717) is 23.8 Å². The Morgan fingerprint density at radius 1 is 1.08 bits per heavy atom. The summed E-state index contributed by atoms with van der Waals surface area (Å²) in [5.74, 6) is 1.08. The fraction of sp³-hybridized carbons (Fsp3) is 0.556. The number of nitrogens with zero attached hydrogens (tertiary/aromatic N) is 1. The number of ether oxygens (including phenoxy) is 4. The van der Waals surface area contributed by atoms with E-state index in [-0.39, 0.29) is 19.9 Å². The van der Waals surface area contributed by atoms with Gasteiger partial charge in [-0.05, 0) is 32.4 Å². The summed E-state index contributed by atoms with van der Waals surface area (Å²) in [4.78, 5) is 25.1. The van der Waals surface area contributed by atoms with E-state index in [0.717, 1.165) is 12.8 Å². The fourth-order valence-electron chi connectivity index (χ4n) is 2.06. The first-order valence-electron chi connectivity index (χ1n) is 8.73. The first kappa shape index (κ1) is 21.4. The van der Waals surface area contributed by atoms with Crippen molar-refractivity contribution < 1.29 is 28.5 Å². The fourth-order valence-corrected chi connectivity index (χ4v) is 2.06. The molecule has 8 heteroatoms. The van der Waals surface area contributed by atoms with E-state index in [1.165, 1.54) is 12.0 Å². The number of anilines is 1. The van der Waals surface area contributed by atoms with Gasteiger partial charge in [-0.25, -0.2) is 9.59 Å². The number of methoxy groups -OCH3 is 1. The number of alkyl carbamates (subject to hydrolysis) is 1. The Bertz CT molecular complexity index is 579. The molecular weight excluding hydrogens is 340 g/mol. The molecule has 26 heavy (non-hydrogen) atoms. The Morgan fingerprint density at radius 3 is 2.42 bits per heavy atom. The van der Waals surface area contributed by atoms with Crippen LogP contribution in [0, 0.1) is 0 Å². The summed E-state index contributed by atoms with van der Waals surface area (Å²) >= 11 is 0. The molecule has 0 saturated heterocycles. The van der Waals surface area contributed by atoms with Crippen molar-refractivity contribution in [2.75, 3.05) is 38.5 Å². The SMILES string of the molecule is CCCCOc1ccc(N(CNC(=O)OCC)C(=O)OCC)cc1OC. The van der Waals surface area contributed by atoms with Crippen LogP contribution in [-0.4, -0.2) is 45.8 Å². The molecule has 0 aliphatic heterocycles. The molecule has 0 aromatic heterocycles. The summed E-state index contributed by atoms with van der Waals surface area (Å²) in [7, 11) is 1.53. The zero-order valence-corrected chi connectivity index (χ0v) is 15.9. The molecule has 0 unspecified atom stereocenters. The van der Waals surface area contributed by atoms with Crippen molar-refractivity contribution in [3.05, 3.63) is 18.2 Å². The van der Waals surface area contributed by atoms with Crippen LogP contribution >= 0.6 is 0 Å². The van der Waals surface area contributed by atoms with E-state index < -0.39 is 12.2 Å². The lowest BCUT2D eigenvalue weighted by atomic mass is 10.2. The van der Waals surface area contributed by atoms with Gasteiger partial charge in [0.1, 0.15) is 6.67 Å². The number of amides is 2. The predicted molar refractivity (Wildman–Crippen MR) is 97.9 cm³/mol. The summed E-state index contributed by atoms with van der Waals surface area (Å²) in [6, 6.07) is 5.08. The normalized spacial score (nSPS) is 10.0. The van der Waals surface area contributed by atoms with Gasteiger partial charge in [-0.2, -0.15) is 0 Å². The Kier molecular flexibility index (Phi) is 9.74. The minimum Gasteiger partial charge on any atom is -0.493 e. The van der Waals surface area contributed by atoms with E-state index in [9.17, 15) is 9.59 Å². The summed E-state index contributed by atoms with van der Waals surface area (Å²) in [5.41, 5.74) is 0.500.